The van der Waals surface area contributed by atoms with Crippen molar-refractivity contribution < 1.29 is 0 Å². The molecular weight excluding hydrogens is 122 g/mol. The quantitative estimate of drug-likeness (QED) is 0.231. The molecule has 0 aliphatic carbocycles. The van der Waals surface area contributed by atoms with Gasteiger partial charge in [0.15, 0.2) is 0 Å². The monoisotopic (exact) mass is 131 g/mol. The van der Waals surface area contributed by atoms with E-state index in [1.54, 1.807) is 7.05 Å². The molecular formula is C4H9N3S. The summed E-state index contributed by atoms with van der Waals surface area (Å²) in [6.07, 6.45) is 0. The molecule has 0 amide bonds. The summed E-state index contributed by atoms with van der Waals surface area (Å²) in [6, 6.07) is 0. The highest BCUT2D eigenvalue weighted by atomic mass is 32.1. The molecule has 4 heteroatoms. The normalized spacial score (nSPS) is 12.6. The second-order valence-electron chi connectivity index (χ2n) is 1.17. The van der Waals surface area contributed by atoms with Crippen LogP contribution >= 0.6 is 12.6 Å². The summed E-state index contributed by atoms with van der Waals surface area (Å²) in [5.41, 5.74) is 1.33. The molecule has 0 bridgehead atoms. The van der Waals surface area contributed by atoms with E-state index >= 15 is 0 Å². The number of nitrogens with zero attached hydrogens (tertiary/aromatic N) is 2. The van der Waals surface area contributed by atoms with Gasteiger partial charge in [0, 0.05) is 7.05 Å². The van der Waals surface area contributed by atoms with Crippen LogP contribution in [0.15, 0.2) is 10.2 Å². The number of hydrogen-bond donors (Lipinski definition) is 2. The molecule has 0 rings (SSSR count). The molecule has 0 aliphatic heterocycles. The Morgan fingerprint density at radius 3 is 2.75 bits per heavy atom. The van der Waals surface area contributed by atoms with Crippen molar-refractivity contribution in [3.8, 4) is 0 Å². The lowest BCUT2D eigenvalue weighted by molar-refractivity contribution is 1.10. The van der Waals surface area contributed by atoms with Gasteiger partial charge in [0.05, 0.1) is 5.55 Å². The van der Waals surface area contributed by atoms with Crippen molar-refractivity contribution in [2.45, 2.75) is 6.92 Å². The fourth-order valence-corrected chi connectivity index (χ4v) is 0.214. The van der Waals surface area contributed by atoms with Gasteiger partial charge in [-0.3, -0.25) is 0 Å². The van der Waals surface area contributed by atoms with E-state index in [0.29, 0.717) is 0 Å². The van der Waals surface area contributed by atoms with E-state index in [-0.39, 0.29) is 0 Å². The Hall–Kier alpha value is -0.510. The van der Waals surface area contributed by atoms with Gasteiger partial charge < -0.3 is 5.32 Å². The van der Waals surface area contributed by atoms with E-state index in [4.69, 9.17) is 0 Å². The molecule has 46 valence electrons. The maximum Gasteiger partial charge on any atom is 0.121 e. The van der Waals surface area contributed by atoms with Crippen molar-refractivity contribution in [3.63, 3.8) is 0 Å². The Morgan fingerprint density at radius 1 is 1.75 bits per heavy atom. The molecule has 0 spiro atoms. The fraction of sp³-hybridized carbons (Fsp3) is 0.500. The van der Waals surface area contributed by atoms with Gasteiger partial charge in [-0.25, -0.2) is 0 Å². The third-order valence-corrected chi connectivity index (χ3v) is 0.724. The first-order chi connectivity index (χ1) is 3.81. The molecule has 0 saturated carbocycles. The molecule has 0 aromatic rings. The number of nitrogens with one attached hydrogen (secondary N) is 1. The van der Waals surface area contributed by atoms with E-state index in [1.165, 1.54) is 5.55 Å². The molecule has 0 aromatic carbocycles. The first-order valence-corrected chi connectivity index (χ1v) is 2.71. The molecule has 0 unspecified atom stereocenters. The Kier molecular flexibility index (Phi) is 4.35. The highest BCUT2D eigenvalue weighted by molar-refractivity contribution is 7.94. The van der Waals surface area contributed by atoms with Gasteiger partial charge in [0.25, 0.3) is 0 Å². The lowest BCUT2D eigenvalue weighted by Crippen LogP contribution is -2.12. The molecule has 1 N–H and O–H groups in total. The van der Waals surface area contributed by atoms with Crippen molar-refractivity contribution in [2.75, 3.05) is 7.05 Å². The number of hydrogen-bond acceptors (Lipinski definition) is 2. The summed E-state index contributed by atoms with van der Waals surface area (Å²) < 4.78 is 0. The first-order valence-electron chi connectivity index (χ1n) is 2.19. The molecule has 3 nitrogen and oxygen atoms in total. The maximum absolute atomic E-state index is 3.71. The molecule has 8 heavy (non-hydrogen) atoms. The van der Waals surface area contributed by atoms with Gasteiger partial charge in [0.1, 0.15) is 5.84 Å². The zero-order valence-electron chi connectivity index (χ0n) is 4.92. The Labute approximate surface area is 54.3 Å². The summed E-state index contributed by atoms with van der Waals surface area (Å²) >= 11 is 3.71. The topological polar surface area (TPSA) is 36.8 Å². The van der Waals surface area contributed by atoms with Gasteiger partial charge in [-0.15, -0.1) is 17.7 Å². The minimum Gasteiger partial charge on any atom is -0.375 e. The summed E-state index contributed by atoms with van der Waals surface area (Å²) in [5.74, 6) is 0.773. The van der Waals surface area contributed by atoms with E-state index in [2.05, 4.69) is 28.1 Å². The lowest BCUT2D eigenvalue weighted by atomic mass is 10.7. The van der Waals surface area contributed by atoms with Crippen LogP contribution in [0.5, 0.6) is 0 Å². The Balaban J connectivity index is 3.57. The molecule has 0 saturated heterocycles. The minimum absolute atomic E-state index is 0.773. The van der Waals surface area contributed by atoms with Crippen molar-refractivity contribution in [1.82, 2.24) is 5.32 Å². The third kappa shape index (κ3) is 3.67. The smallest absolute Gasteiger partial charge is 0.121 e. The van der Waals surface area contributed by atoms with E-state index in [9.17, 15) is 0 Å². The standard InChI is InChI=1S/C4H9N3S/c1-4(5-2)7-6-3-8/h3H,1-2H3,(H,5,7)(H,6,8). The van der Waals surface area contributed by atoms with Crippen molar-refractivity contribution in [2.24, 2.45) is 10.2 Å². The fourth-order valence-electron chi connectivity index (χ4n) is 0.162. The highest BCUT2D eigenvalue weighted by Crippen LogP contribution is 1.72. The SMILES string of the molecule is CN/C(C)=N/N=C\S. The molecule has 0 aliphatic rings. The largest absolute Gasteiger partial charge is 0.375 e. The minimum atomic E-state index is 0.773. The third-order valence-electron chi connectivity index (χ3n) is 0.621. The van der Waals surface area contributed by atoms with Crippen LogP contribution in [0.3, 0.4) is 0 Å². The van der Waals surface area contributed by atoms with Crippen molar-refractivity contribution >= 4 is 24.0 Å². The average molecular weight is 131 g/mol. The summed E-state index contributed by atoms with van der Waals surface area (Å²) in [4.78, 5) is 0. The number of rotatable bonds is 1. The molecule has 0 aromatic heterocycles. The molecule has 0 atom stereocenters. The van der Waals surface area contributed by atoms with Gasteiger partial charge in [-0.05, 0) is 6.92 Å². The highest BCUT2D eigenvalue weighted by Gasteiger charge is 1.75. The van der Waals surface area contributed by atoms with Crippen LogP contribution in [0, 0.1) is 0 Å². The van der Waals surface area contributed by atoms with Crippen LogP contribution in [0.2, 0.25) is 0 Å². The maximum atomic E-state index is 3.71. The average Bonchev–Trinajstić information content (AvgIpc) is 1.83. The first kappa shape index (κ1) is 7.49. The molecule has 0 radical (unpaired) electrons. The van der Waals surface area contributed by atoms with E-state index in [1.807, 2.05) is 6.92 Å². The van der Waals surface area contributed by atoms with Gasteiger partial charge in [-0.1, -0.05) is 0 Å². The van der Waals surface area contributed by atoms with Crippen LogP contribution in [0.25, 0.3) is 0 Å². The summed E-state index contributed by atoms with van der Waals surface area (Å²) in [7, 11) is 1.78. The second kappa shape index (κ2) is 4.64. The summed E-state index contributed by atoms with van der Waals surface area (Å²) in [6.45, 7) is 1.82. The van der Waals surface area contributed by atoms with Gasteiger partial charge in [-0.2, -0.15) is 5.10 Å². The van der Waals surface area contributed by atoms with E-state index in [0.717, 1.165) is 5.84 Å². The summed E-state index contributed by atoms with van der Waals surface area (Å²) in [5, 5.41) is 9.97. The van der Waals surface area contributed by atoms with Crippen molar-refractivity contribution in [1.29, 1.82) is 0 Å². The molecule has 0 heterocycles. The predicted molar refractivity (Wildman–Crippen MR) is 39.6 cm³/mol. The zero-order chi connectivity index (χ0) is 6.41. The van der Waals surface area contributed by atoms with Crippen LogP contribution in [0.1, 0.15) is 6.92 Å². The van der Waals surface area contributed by atoms with Crippen LogP contribution in [-0.2, 0) is 0 Å². The Morgan fingerprint density at radius 2 is 2.38 bits per heavy atom. The van der Waals surface area contributed by atoms with Crippen molar-refractivity contribution in [3.05, 3.63) is 0 Å². The zero-order valence-corrected chi connectivity index (χ0v) is 5.81. The lowest BCUT2D eigenvalue weighted by Gasteiger charge is -1.89. The van der Waals surface area contributed by atoms with Gasteiger partial charge >= 0.3 is 0 Å². The number of amidine groups is 1. The van der Waals surface area contributed by atoms with Crippen LogP contribution in [0.4, 0.5) is 0 Å². The van der Waals surface area contributed by atoms with Crippen LogP contribution in [-0.4, -0.2) is 18.4 Å². The number of thiol groups is 1. The predicted octanol–water partition coefficient (Wildman–Crippen LogP) is 0.497. The van der Waals surface area contributed by atoms with Crippen LogP contribution < -0.4 is 5.32 Å². The van der Waals surface area contributed by atoms with Gasteiger partial charge in [0.2, 0.25) is 0 Å². The second-order valence-corrected chi connectivity index (χ2v) is 1.40. The van der Waals surface area contributed by atoms with E-state index < -0.39 is 0 Å². The Bertz CT molecular complexity index is 108. The molecule has 0 fully saturated rings.